The molecule has 0 aromatic carbocycles. The normalized spacial score (nSPS) is 49.4. The second kappa shape index (κ2) is 2.39. The molecule has 3 nitrogen and oxygen atoms in total. The first kappa shape index (κ1) is 8.86. The molecule has 14 heavy (non-hydrogen) atoms. The van der Waals surface area contributed by atoms with Gasteiger partial charge in [-0.3, -0.25) is 4.79 Å². The van der Waals surface area contributed by atoms with Gasteiger partial charge in [-0.25, -0.2) is 9.78 Å². The quantitative estimate of drug-likeness (QED) is 0.553. The molecule has 1 saturated heterocycles. The number of hydrogen-bond donors (Lipinski definition) is 0. The lowest BCUT2D eigenvalue weighted by atomic mass is 9.43. The molecule has 3 heteroatoms. The second-order valence-corrected chi connectivity index (χ2v) is 5.48. The van der Waals surface area contributed by atoms with Crippen molar-refractivity contribution in [2.45, 2.75) is 38.7 Å². The summed E-state index contributed by atoms with van der Waals surface area (Å²) >= 11 is 0. The van der Waals surface area contributed by atoms with Gasteiger partial charge in [0.15, 0.2) is 11.4 Å². The molecule has 0 aromatic heterocycles. The highest BCUT2D eigenvalue weighted by atomic mass is 17.2. The van der Waals surface area contributed by atoms with E-state index in [1.807, 2.05) is 0 Å². The number of ketones is 1. The van der Waals surface area contributed by atoms with Gasteiger partial charge in [0.2, 0.25) is 0 Å². The minimum absolute atomic E-state index is 0.265. The third-order valence-electron chi connectivity index (χ3n) is 4.70. The van der Waals surface area contributed by atoms with Crippen LogP contribution in [-0.4, -0.2) is 18.0 Å². The summed E-state index contributed by atoms with van der Waals surface area (Å²) in [6, 6.07) is 0. The van der Waals surface area contributed by atoms with Crippen LogP contribution in [0.25, 0.3) is 0 Å². The van der Waals surface area contributed by atoms with Gasteiger partial charge in [0.1, 0.15) is 0 Å². The lowest BCUT2D eigenvalue weighted by Gasteiger charge is -2.61. The first-order valence-corrected chi connectivity index (χ1v) is 5.41. The average Bonchev–Trinajstić information content (AvgIpc) is 2.59. The maximum Gasteiger partial charge on any atom is 0.168 e. The lowest BCUT2D eigenvalue weighted by molar-refractivity contribution is -0.337. The van der Waals surface area contributed by atoms with E-state index in [9.17, 15) is 4.79 Å². The highest BCUT2D eigenvalue weighted by Gasteiger charge is 2.67. The van der Waals surface area contributed by atoms with Crippen molar-refractivity contribution >= 4 is 5.78 Å². The van der Waals surface area contributed by atoms with Crippen LogP contribution in [0.5, 0.6) is 0 Å². The Bertz CT molecular complexity index is 289. The van der Waals surface area contributed by atoms with Crippen LogP contribution >= 0.6 is 0 Å². The molecule has 4 rings (SSSR count). The molecule has 0 amide bonds. The monoisotopic (exact) mass is 196 g/mol. The van der Waals surface area contributed by atoms with Crippen LogP contribution in [0.4, 0.5) is 0 Å². The number of Topliss-reactive ketones (excluding diaryl/α,β-unsaturated/α-hetero) is 1. The predicted molar refractivity (Wildman–Crippen MR) is 49.4 cm³/mol. The molecule has 4 fully saturated rings. The summed E-state index contributed by atoms with van der Waals surface area (Å²) in [5.74, 6) is 1.23. The van der Waals surface area contributed by atoms with Crippen molar-refractivity contribution < 1.29 is 14.6 Å². The van der Waals surface area contributed by atoms with Gasteiger partial charge in [0, 0.05) is 18.8 Å². The summed E-state index contributed by atoms with van der Waals surface area (Å²) in [6.45, 7) is 5.08. The highest BCUT2D eigenvalue weighted by Crippen LogP contribution is 2.64. The molecule has 0 aromatic rings. The van der Waals surface area contributed by atoms with Crippen molar-refractivity contribution in [3.05, 3.63) is 0 Å². The molecule has 1 aliphatic heterocycles. The Morgan fingerprint density at radius 3 is 2.79 bits per heavy atom. The molecule has 0 N–H and O–H groups in total. The van der Waals surface area contributed by atoms with E-state index in [0.717, 1.165) is 12.8 Å². The molecule has 1 spiro atoms. The maximum absolute atomic E-state index is 11.9. The fourth-order valence-corrected chi connectivity index (χ4v) is 3.54. The minimum Gasteiger partial charge on any atom is -0.296 e. The van der Waals surface area contributed by atoms with E-state index in [1.54, 1.807) is 0 Å². The Morgan fingerprint density at radius 2 is 2.21 bits per heavy atom. The van der Waals surface area contributed by atoms with Gasteiger partial charge in [-0.15, -0.1) is 0 Å². The summed E-state index contributed by atoms with van der Waals surface area (Å²) in [5.41, 5.74) is -0.306. The zero-order chi connectivity index (χ0) is 9.97. The van der Waals surface area contributed by atoms with E-state index in [4.69, 9.17) is 9.78 Å². The first-order valence-electron chi connectivity index (χ1n) is 5.41. The fraction of sp³-hybridized carbons (Fsp3) is 0.909. The largest absolute Gasteiger partial charge is 0.296 e. The molecule has 1 heterocycles. The number of fused-ring (bicyclic) bond motifs is 1. The van der Waals surface area contributed by atoms with Crippen molar-refractivity contribution in [2.75, 3.05) is 6.61 Å². The van der Waals surface area contributed by atoms with Crippen molar-refractivity contribution in [2.24, 2.45) is 17.3 Å². The van der Waals surface area contributed by atoms with Gasteiger partial charge in [0.25, 0.3) is 0 Å². The van der Waals surface area contributed by atoms with E-state index in [0.29, 0.717) is 24.9 Å². The van der Waals surface area contributed by atoms with Gasteiger partial charge in [-0.2, -0.15) is 0 Å². The summed E-state index contributed by atoms with van der Waals surface area (Å²) in [6.07, 6.45) is 2.58. The molecule has 1 unspecified atom stereocenters. The number of carbonyl (C=O) groups excluding carboxylic acids is 1. The van der Waals surface area contributed by atoms with Crippen LogP contribution in [0.3, 0.4) is 0 Å². The van der Waals surface area contributed by atoms with Crippen molar-refractivity contribution in [3.63, 3.8) is 0 Å². The van der Waals surface area contributed by atoms with Crippen LogP contribution < -0.4 is 0 Å². The van der Waals surface area contributed by atoms with Crippen molar-refractivity contribution in [3.8, 4) is 0 Å². The van der Waals surface area contributed by atoms with Gasteiger partial charge in [-0.1, -0.05) is 13.8 Å². The second-order valence-electron chi connectivity index (χ2n) is 5.48. The van der Waals surface area contributed by atoms with Crippen LogP contribution in [0.2, 0.25) is 0 Å². The number of rotatable bonds is 0. The van der Waals surface area contributed by atoms with Crippen LogP contribution in [0.15, 0.2) is 0 Å². The summed E-state index contributed by atoms with van der Waals surface area (Å²) in [4.78, 5) is 22.2. The molecule has 3 aliphatic carbocycles. The van der Waals surface area contributed by atoms with Crippen LogP contribution in [0, 0.1) is 17.3 Å². The van der Waals surface area contributed by atoms with Crippen LogP contribution in [-0.2, 0) is 14.6 Å². The standard InChI is InChI=1S/C11H16O3/c1-10(2)7-5-8(10)11(9(12)6-7)3-4-13-14-11/h7-8H,3-6H2,1-2H3/t7-,8-,11?/m1/s1. The summed E-state index contributed by atoms with van der Waals surface area (Å²) in [5, 5.41) is 0. The van der Waals surface area contributed by atoms with E-state index in [1.165, 1.54) is 0 Å². The van der Waals surface area contributed by atoms with Crippen molar-refractivity contribution in [1.29, 1.82) is 0 Å². The average molecular weight is 196 g/mol. The molecule has 78 valence electrons. The van der Waals surface area contributed by atoms with E-state index >= 15 is 0 Å². The zero-order valence-corrected chi connectivity index (χ0v) is 8.71. The Morgan fingerprint density at radius 1 is 1.43 bits per heavy atom. The van der Waals surface area contributed by atoms with Gasteiger partial charge in [0.05, 0.1) is 6.61 Å². The van der Waals surface area contributed by atoms with Crippen molar-refractivity contribution in [1.82, 2.24) is 0 Å². The van der Waals surface area contributed by atoms with Gasteiger partial charge >= 0.3 is 0 Å². The van der Waals surface area contributed by atoms with Gasteiger partial charge < -0.3 is 0 Å². The molecule has 2 bridgehead atoms. The van der Waals surface area contributed by atoms with E-state index in [-0.39, 0.29) is 11.2 Å². The molecule has 0 radical (unpaired) electrons. The lowest BCUT2D eigenvalue weighted by Crippen LogP contribution is -2.65. The minimum atomic E-state index is -0.571. The first-order chi connectivity index (χ1) is 6.57. The summed E-state index contributed by atoms with van der Waals surface area (Å²) in [7, 11) is 0. The number of hydrogen-bond acceptors (Lipinski definition) is 3. The molecule has 3 atom stereocenters. The Labute approximate surface area is 83.7 Å². The molecule has 3 saturated carbocycles. The Hall–Kier alpha value is -0.410. The zero-order valence-electron chi connectivity index (χ0n) is 8.71. The molecular weight excluding hydrogens is 180 g/mol. The predicted octanol–water partition coefficient (Wildman–Crippen LogP) is 1.71. The topological polar surface area (TPSA) is 35.5 Å². The Balaban J connectivity index is 1.99. The van der Waals surface area contributed by atoms with E-state index in [2.05, 4.69) is 13.8 Å². The third kappa shape index (κ3) is 0.789. The fourth-order valence-electron chi connectivity index (χ4n) is 3.54. The SMILES string of the molecule is CC1(C)[C@H]2CC(=O)C3(CCOO3)[C@@H]1C2. The maximum atomic E-state index is 11.9. The molecule has 4 aliphatic rings. The highest BCUT2D eigenvalue weighted by molar-refractivity contribution is 5.90. The van der Waals surface area contributed by atoms with Crippen LogP contribution in [0.1, 0.15) is 33.1 Å². The summed E-state index contributed by atoms with van der Waals surface area (Å²) < 4.78 is 0. The smallest absolute Gasteiger partial charge is 0.168 e. The third-order valence-corrected chi connectivity index (χ3v) is 4.70. The Kier molecular flexibility index (Phi) is 1.51. The molecular formula is C11H16O3. The number of carbonyl (C=O) groups is 1. The van der Waals surface area contributed by atoms with E-state index < -0.39 is 5.60 Å². The van der Waals surface area contributed by atoms with Gasteiger partial charge in [-0.05, 0) is 17.8 Å².